The zero-order valence-corrected chi connectivity index (χ0v) is 10.3. The van der Waals surface area contributed by atoms with Crippen molar-refractivity contribution in [3.05, 3.63) is 33.8 Å². The van der Waals surface area contributed by atoms with Crippen LogP contribution in [0.4, 0.5) is 0 Å². The van der Waals surface area contributed by atoms with Gasteiger partial charge in [0.2, 0.25) is 0 Å². The van der Waals surface area contributed by atoms with Crippen molar-refractivity contribution in [2.24, 2.45) is 10.9 Å². The van der Waals surface area contributed by atoms with E-state index in [1.165, 1.54) is 0 Å². The van der Waals surface area contributed by atoms with E-state index in [2.05, 4.69) is 5.16 Å². The fourth-order valence-corrected chi connectivity index (χ4v) is 1.63. The second-order valence-electron chi connectivity index (χ2n) is 3.51. The second-order valence-corrected chi connectivity index (χ2v) is 4.33. The summed E-state index contributed by atoms with van der Waals surface area (Å²) in [5.41, 5.74) is 6.41. The summed E-state index contributed by atoms with van der Waals surface area (Å²) in [7, 11) is 1.86. The highest BCUT2D eigenvalue weighted by Gasteiger charge is 2.05. The van der Waals surface area contributed by atoms with Crippen LogP contribution >= 0.6 is 23.2 Å². The third kappa shape index (κ3) is 3.89. The Balaban J connectivity index is 2.63. The van der Waals surface area contributed by atoms with Crippen LogP contribution in [0.2, 0.25) is 10.0 Å². The number of halogens is 2. The molecule has 0 atom stereocenters. The highest BCUT2D eigenvalue weighted by atomic mass is 35.5. The Hall–Kier alpha value is -0.970. The second kappa shape index (κ2) is 5.94. The molecule has 1 aromatic rings. The van der Waals surface area contributed by atoms with Crippen molar-refractivity contribution in [2.75, 3.05) is 13.6 Å². The highest BCUT2D eigenvalue weighted by Crippen LogP contribution is 2.22. The van der Waals surface area contributed by atoms with E-state index in [-0.39, 0.29) is 5.84 Å². The zero-order valence-electron chi connectivity index (χ0n) is 8.82. The van der Waals surface area contributed by atoms with Crippen LogP contribution in [0.25, 0.3) is 0 Å². The molecule has 0 radical (unpaired) electrons. The number of nitrogens with two attached hydrogens (primary N) is 1. The van der Waals surface area contributed by atoms with E-state index in [0.29, 0.717) is 23.1 Å². The van der Waals surface area contributed by atoms with Crippen molar-refractivity contribution in [1.29, 1.82) is 0 Å². The minimum atomic E-state index is 0.169. The van der Waals surface area contributed by atoms with Gasteiger partial charge in [0.25, 0.3) is 0 Å². The van der Waals surface area contributed by atoms with Crippen LogP contribution in [-0.2, 0) is 6.54 Å². The Morgan fingerprint density at radius 3 is 2.69 bits per heavy atom. The molecule has 0 fully saturated rings. The van der Waals surface area contributed by atoms with Gasteiger partial charge >= 0.3 is 0 Å². The lowest BCUT2D eigenvalue weighted by Crippen LogP contribution is -2.30. The Kier molecular flexibility index (Phi) is 4.86. The van der Waals surface area contributed by atoms with E-state index in [4.69, 9.17) is 34.1 Å². The molecule has 0 heterocycles. The number of benzene rings is 1. The first-order chi connectivity index (χ1) is 7.52. The monoisotopic (exact) mass is 261 g/mol. The van der Waals surface area contributed by atoms with Gasteiger partial charge in [0.05, 0.1) is 16.6 Å². The number of rotatable bonds is 4. The largest absolute Gasteiger partial charge is 0.409 e. The van der Waals surface area contributed by atoms with E-state index in [0.717, 1.165) is 5.56 Å². The minimum absolute atomic E-state index is 0.169. The Morgan fingerprint density at radius 1 is 1.44 bits per heavy atom. The maximum absolute atomic E-state index is 8.43. The lowest BCUT2D eigenvalue weighted by molar-refractivity contribution is 0.308. The van der Waals surface area contributed by atoms with Gasteiger partial charge in [0.15, 0.2) is 5.84 Å². The quantitative estimate of drug-likeness (QED) is 0.378. The Bertz CT molecular complexity index is 396. The van der Waals surface area contributed by atoms with Crippen LogP contribution in [0, 0.1) is 0 Å². The number of hydrogen-bond acceptors (Lipinski definition) is 3. The SMILES string of the molecule is CN(CC(N)=NO)Cc1ccc(Cl)c(Cl)c1. The summed E-state index contributed by atoms with van der Waals surface area (Å²) in [6.45, 7) is 1.03. The van der Waals surface area contributed by atoms with E-state index < -0.39 is 0 Å². The zero-order chi connectivity index (χ0) is 12.1. The van der Waals surface area contributed by atoms with Gasteiger partial charge in [-0.3, -0.25) is 4.90 Å². The summed E-state index contributed by atoms with van der Waals surface area (Å²) in [5.74, 6) is 0.169. The van der Waals surface area contributed by atoms with Crippen LogP contribution in [0.5, 0.6) is 0 Å². The topological polar surface area (TPSA) is 61.8 Å². The Morgan fingerprint density at radius 2 is 2.12 bits per heavy atom. The van der Waals surface area contributed by atoms with Crippen molar-refractivity contribution in [3.8, 4) is 0 Å². The van der Waals surface area contributed by atoms with Crippen LogP contribution in [0.1, 0.15) is 5.56 Å². The van der Waals surface area contributed by atoms with Gasteiger partial charge in [0, 0.05) is 6.54 Å². The first kappa shape index (κ1) is 13.1. The molecule has 0 aliphatic carbocycles. The summed E-state index contributed by atoms with van der Waals surface area (Å²) in [5, 5.41) is 12.4. The first-order valence-corrected chi connectivity index (χ1v) is 5.37. The molecule has 0 unspecified atom stereocenters. The summed E-state index contributed by atoms with van der Waals surface area (Å²) < 4.78 is 0. The number of likely N-dealkylation sites (N-methyl/N-ethyl adjacent to an activating group) is 1. The van der Waals surface area contributed by atoms with Crippen molar-refractivity contribution >= 4 is 29.0 Å². The van der Waals surface area contributed by atoms with E-state index >= 15 is 0 Å². The average Bonchev–Trinajstić information content (AvgIpc) is 2.23. The number of amidine groups is 1. The predicted octanol–water partition coefficient (Wildman–Crippen LogP) is 2.17. The van der Waals surface area contributed by atoms with E-state index in [1.807, 2.05) is 18.0 Å². The number of nitrogens with zero attached hydrogens (tertiary/aromatic N) is 2. The van der Waals surface area contributed by atoms with Gasteiger partial charge in [-0.05, 0) is 24.7 Å². The molecule has 1 rings (SSSR count). The van der Waals surface area contributed by atoms with Crippen LogP contribution in [0.15, 0.2) is 23.4 Å². The normalized spacial score (nSPS) is 12.1. The highest BCUT2D eigenvalue weighted by molar-refractivity contribution is 6.42. The van der Waals surface area contributed by atoms with Crippen LogP contribution in [-0.4, -0.2) is 29.5 Å². The van der Waals surface area contributed by atoms with Crippen LogP contribution in [0.3, 0.4) is 0 Å². The van der Waals surface area contributed by atoms with Crippen molar-refractivity contribution in [3.63, 3.8) is 0 Å². The molecule has 16 heavy (non-hydrogen) atoms. The third-order valence-corrected chi connectivity index (χ3v) is 2.74. The summed E-state index contributed by atoms with van der Waals surface area (Å²) in [6.07, 6.45) is 0. The molecule has 0 spiro atoms. The molecular formula is C10H13Cl2N3O. The molecule has 0 bridgehead atoms. The summed E-state index contributed by atoms with van der Waals surface area (Å²) in [4.78, 5) is 1.90. The maximum atomic E-state index is 8.43. The molecule has 1 aromatic carbocycles. The van der Waals surface area contributed by atoms with Crippen molar-refractivity contribution in [2.45, 2.75) is 6.54 Å². The molecule has 0 aliphatic rings. The molecule has 0 saturated carbocycles. The van der Waals surface area contributed by atoms with Gasteiger partial charge in [-0.2, -0.15) is 0 Å². The third-order valence-electron chi connectivity index (χ3n) is 2.00. The van der Waals surface area contributed by atoms with Gasteiger partial charge in [-0.1, -0.05) is 34.4 Å². The average molecular weight is 262 g/mol. The smallest absolute Gasteiger partial charge is 0.153 e. The van der Waals surface area contributed by atoms with Crippen LogP contribution < -0.4 is 5.73 Å². The molecule has 0 amide bonds. The van der Waals surface area contributed by atoms with Crippen molar-refractivity contribution < 1.29 is 5.21 Å². The van der Waals surface area contributed by atoms with E-state index in [9.17, 15) is 0 Å². The molecule has 0 saturated heterocycles. The lowest BCUT2D eigenvalue weighted by Gasteiger charge is -2.15. The summed E-state index contributed by atoms with van der Waals surface area (Å²) in [6, 6.07) is 5.43. The molecule has 3 N–H and O–H groups in total. The lowest BCUT2D eigenvalue weighted by atomic mass is 10.2. The molecule has 4 nitrogen and oxygen atoms in total. The van der Waals surface area contributed by atoms with Gasteiger partial charge in [0.1, 0.15) is 0 Å². The fourth-order valence-electron chi connectivity index (χ4n) is 1.31. The maximum Gasteiger partial charge on any atom is 0.153 e. The number of oxime groups is 1. The predicted molar refractivity (Wildman–Crippen MR) is 66.2 cm³/mol. The molecule has 0 aliphatic heterocycles. The van der Waals surface area contributed by atoms with Crippen molar-refractivity contribution in [1.82, 2.24) is 4.90 Å². The fraction of sp³-hybridized carbons (Fsp3) is 0.300. The Labute approximate surface area is 104 Å². The van der Waals surface area contributed by atoms with E-state index in [1.54, 1.807) is 12.1 Å². The molecule has 6 heteroatoms. The van der Waals surface area contributed by atoms with Gasteiger partial charge < -0.3 is 10.9 Å². The first-order valence-electron chi connectivity index (χ1n) is 4.62. The molecular weight excluding hydrogens is 249 g/mol. The molecule has 88 valence electrons. The minimum Gasteiger partial charge on any atom is -0.409 e. The van der Waals surface area contributed by atoms with Gasteiger partial charge in [-0.15, -0.1) is 0 Å². The summed E-state index contributed by atoms with van der Waals surface area (Å²) >= 11 is 11.7. The number of hydrogen-bond donors (Lipinski definition) is 2. The molecule has 0 aromatic heterocycles. The van der Waals surface area contributed by atoms with Gasteiger partial charge in [-0.25, -0.2) is 0 Å². The standard InChI is InChI=1S/C10H13Cl2N3O/c1-15(6-10(13)14-16)5-7-2-3-8(11)9(12)4-7/h2-4,16H,5-6H2,1H3,(H2,13,14).